The van der Waals surface area contributed by atoms with Crippen LogP contribution in [0.5, 0.6) is 0 Å². The number of hydrogen-bond donors (Lipinski definition) is 2. The van der Waals surface area contributed by atoms with Crippen molar-refractivity contribution in [2.45, 2.75) is 0 Å². The van der Waals surface area contributed by atoms with Gasteiger partial charge in [0, 0.05) is 12.9 Å². The number of primary amides is 2. The zero-order valence-electron chi connectivity index (χ0n) is 5.56. The first-order valence-electron chi connectivity index (χ1n) is 1.72. The first kappa shape index (κ1) is 22.4. The Morgan fingerprint density at radius 3 is 1.09 bits per heavy atom. The number of hydrogen-bond acceptors (Lipinski definition) is 5. The van der Waals surface area contributed by atoms with E-state index in [9.17, 15) is 0 Å². The van der Waals surface area contributed by atoms with Gasteiger partial charge in [-0.05, 0) is 0 Å². The molecule has 2 amide bonds. The zero-order chi connectivity index (χ0) is 8.99. The van der Waals surface area contributed by atoms with Crippen LogP contribution in [0.1, 0.15) is 0 Å². The minimum absolute atomic E-state index is 0. The van der Waals surface area contributed by atoms with Gasteiger partial charge in [0.2, 0.25) is 0 Å². The Bertz CT molecular complexity index is 87.7. The van der Waals surface area contributed by atoms with E-state index in [1.807, 2.05) is 0 Å². The van der Waals surface area contributed by atoms with Crippen molar-refractivity contribution in [3.05, 3.63) is 0 Å². The summed E-state index contributed by atoms with van der Waals surface area (Å²) in [5, 5.41) is 16.5. The molecular formula is C3H6CaN2O5. The molecule has 0 aromatic carbocycles. The number of carboxylic acid groups (broad SMARTS) is 2. The van der Waals surface area contributed by atoms with Gasteiger partial charge >= 0.3 is 43.8 Å². The molecule has 7 nitrogen and oxygen atoms in total. The van der Waals surface area contributed by atoms with Crippen molar-refractivity contribution in [2.75, 3.05) is 0 Å². The summed E-state index contributed by atoms with van der Waals surface area (Å²) in [5.41, 5.74) is 8.50. The molecule has 0 aliphatic rings. The standard InChI is InChI=1S/CH4N2O.2CH2O2.Ca/c2-1(3)4;2*2-1-3;/h(H4,2,3,4);2*1H,(H,2,3);/q;;;+2/p-2. The van der Waals surface area contributed by atoms with Crippen molar-refractivity contribution in [3.8, 4) is 0 Å². The maximum atomic E-state index is 9.00. The molecule has 0 heterocycles. The normalized spacial score (nSPS) is 4.36. The number of carbonyl (C=O) groups excluding carboxylic acids is 3. The van der Waals surface area contributed by atoms with Crippen LogP contribution in [0.2, 0.25) is 0 Å². The van der Waals surface area contributed by atoms with E-state index in [-0.39, 0.29) is 37.7 Å². The average Bonchev–Trinajstić information content (AvgIpc) is 1.65. The maximum Gasteiger partial charge on any atom is 2.00 e. The molecule has 0 atom stereocenters. The molecule has 11 heavy (non-hydrogen) atoms. The van der Waals surface area contributed by atoms with Gasteiger partial charge in [0.05, 0.1) is 0 Å². The minimum atomic E-state index is -0.833. The summed E-state index contributed by atoms with van der Waals surface area (Å²) in [6.45, 7) is -1.00. The molecule has 4 N–H and O–H groups in total. The second-order valence-electron chi connectivity index (χ2n) is 0.595. The van der Waals surface area contributed by atoms with Crippen LogP contribution in [-0.4, -0.2) is 56.7 Å². The summed E-state index contributed by atoms with van der Waals surface area (Å²) in [4.78, 5) is 25.5. The molecule has 0 saturated carbocycles. The van der Waals surface area contributed by atoms with Crippen molar-refractivity contribution in [1.82, 2.24) is 0 Å². The van der Waals surface area contributed by atoms with Crippen LogP contribution in [0.25, 0.3) is 0 Å². The quantitative estimate of drug-likeness (QED) is 0.291. The van der Waals surface area contributed by atoms with Crippen LogP contribution in [-0.2, 0) is 9.59 Å². The molecule has 0 rings (SSSR count). The molecule has 60 valence electrons. The first-order valence-corrected chi connectivity index (χ1v) is 1.72. The fourth-order valence-corrected chi connectivity index (χ4v) is 0. The van der Waals surface area contributed by atoms with Gasteiger partial charge < -0.3 is 31.3 Å². The summed E-state index contributed by atoms with van der Waals surface area (Å²) < 4.78 is 0. The molecule has 0 aromatic heterocycles. The van der Waals surface area contributed by atoms with E-state index in [1.165, 1.54) is 0 Å². The van der Waals surface area contributed by atoms with E-state index in [2.05, 4.69) is 11.5 Å². The number of nitrogens with two attached hydrogens (primary N) is 2. The average molecular weight is 190 g/mol. The van der Waals surface area contributed by atoms with E-state index in [0.29, 0.717) is 0 Å². The predicted molar refractivity (Wildman–Crippen MR) is 31.7 cm³/mol. The smallest absolute Gasteiger partial charge is 0.554 e. The molecule has 0 aliphatic heterocycles. The van der Waals surface area contributed by atoms with Crippen molar-refractivity contribution < 1.29 is 24.6 Å². The van der Waals surface area contributed by atoms with Gasteiger partial charge in [-0.25, -0.2) is 4.79 Å². The van der Waals surface area contributed by atoms with Gasteiger partial charge in [0.15, 0.2) is 0 Å². The molecule has 0 saturated heterocycles. The summed E-state index contributed by atoms with van der Waals surface area (Å²) >= 11 is 0. The molecular weight excluding hydrogens is 184 g/mol. The minimum Gasteiger partial charge on any atom is -0.554 e. The maximum absolute atomic E-state index is 9.00. The fourth-order valence-electron chi connectivity index (χ4n) is 0. The van der Waals surface area contributed by atoms with Crippen LogP contribution >= 0.6 is 0 Å². The van der Waals surface area contributed by atoms with Crippen molar-refractivity contribution in [1.29, 1.82) is 0 Å². The second-order valence-corrected chi connectivity index (χ2v) is 0.595. The molecule has 8 heteroatoms. The van der Waals surface area contributed by atoms with Gasteiger partial charge in [0.25, 0.3) is 0 Å². The molecule has 0 fully saturated rings. The van der Waals surface area contributed by atoms with Gasteiger partial charge in [0.1, 0.15) is 0 Å². The van der Waals surface area contributed by atoms with Gasteiger partial charge in [-0.2, -0.15) is 0 Å². The third kappa shape index (κ3) is 1880. The number of carbonyl (C=O) groups is 3. The third-order valence-electron chi connectivity index (χ3n) is 0. The molecule has 0 aromatic rings. The Balaban J connectivity index is -0.0000000325. The predicted octanol–water partition coefficient (Wildman–Crippen LogP) is -4.62. The third-order valence-corrected chi connectivity index (χ3v) is 0. The number of rotatable bonds is 0. The molecule has 0 radical (unpaired) electrons. The Morgan fingerprint density at radius 1 is 1.09 bits per heavy atom. The van der Waals surface area contributed by atoms with Crippen LogP contribution < -0.4 is 21.7 Å². The fraction of sp³-hybridized carbons (Fsp3) is 0. The van der Waals surface area contributed by atoms with Crippen LogP contribution in [0.4, 0.5) is 4.79 Å². The van der Waals surface area contributed by atoms with Crippen molar-refractivity contribution in [3.63, 3.8) is 0 Å². The summed E-state index contributed by atoms with van der Waals surface area (Å²) in [6.07, 6.45) is 0. The van der Waals surface area contributed by atoms with Crippen LogP contribution in [0.3, 0.4) is 0 Å². The van der Waals surface area contributed by atoms with E-state index in [1.54, 1.807) is 0 Å². The second kappa shape index (κ2) is 34.0. The van der Waals surface area contributed by atoms with Crippen LogP contribution in [0.15, 0.2) is 0 Å². The Morgan fingerprint density at radius 2 is 1.09 bits per heavy atom. The molecule has 0 bridgehead atoms. The molecule has 0 unspecified atom stereocenters. The van der Waals surface area contributed by atoms with Gasteiger partial charge in [-0.1, -0.05) is 0 Å². The van der Waals surface area contributed by atoms with Gasteiger partial charge in [-0.3, -0.25) is 0 Å². The Hall–Kier alpha value is -0.530. The largest absolute Gasteiger partial charge is 2.00 e. The topological polar surface area (TPSA) is 149 Å². The first-order chi connectivity index (χ1) is 4.56. The van der Waals surface area contributed by atoms with Crippen molar-refractivity contribution >= 4 is 56.7 Å². The summed E-state index contributed by atoms with van der Waals surface area (Å²) in [6, 6.07) is -0.833. The SMILES string of the molecule is NC(N)=O.O=C[O-].O=C[O-].[Ca+2]. The monoisotopic (exact) mass is 190 g/mol. The van der Waals surface area contributed by atoms with Gasteiger partial charge in [-0.15, -0.1) is 0 Å². The van der Waals surface area contributed by atoms with E-state index in [4.69, 9.17) is 24.6 Å². The zero-order valence-corrected chi connectivity index (χ0v) is 7.77. The van der Waals surface area contributed by atoms with E-state index in [0.717, 1.165) is 0 Å². The van der Waals surface area contributed by atoms with E-state index >= 15 is 0 Å². The Labute approximate surface area is 92.3 Å². The Kier molecular flexibility index (Phi) is 69.3. The molecule has 0 aliphatic carbocycles. The van der Waals surface area contributed by atoms with Crippen molar-refractivity contribution in [2.24, 2.45) is 11.5 Å². The number of urea groups is 1. The van der Waals surface area contributed by atoms with E-state index < -0.39 is 19.0 Å². The number of amides is 2. The summed E-state index contributed by atoms with van der Waals surface area (Å²) in [7, 11) is 0. The van der Waals surface area contributed by atoms with Crippen LogP contribution in [0, 0.1) is 0 Å². The molecule has 0 spiro atoms. The summed E-state index contributed by atoms with van der Waals surface area (Å²) in [5.74, 6) is 0.